The number of rotatable bonds is 3. The molecule has 0 amide bonds. The minimum Gasteiger partial charge on any atom is -0.392 e. The Labute approximate surface area is 100 Å². The minimum absolute atomic E-state index is 0.00446. The number of aryl methyl sites for hydroxylation is 2. The molecule has 1 aromatic heterocycles. The Bertz CT molecular complexity index is 516. The second-order valence-corrected chi connectivity index (χ2v) is 4.41. The van der Waals surface area contributed by atoms with Crippen LogP contribution in [0.3, 0.4) is 0 Å². The monoisotopic (exact) mass is 237 g/mol. The van der Waals surface area contributed by atoms with Gasteiger partial charge < -0.3 is 9.67 Å². The molecule has 1 heterocycles. The van der Waals surface area contributed by atoms with Gasteiger partial charge in [0.2, 0.25) is 0 Å². The Kier molecular flexibility index (Phi) is 3.22. The van der Waals surface area contributed by atoms with Crippen molar-refractivity contribution in [2.24, 2.45) is 0 Å². The van der Waals surface area contributed by atoms with Crippen molar-refractivity contribution in [3.05, 3.63) is 34.5 Å². The Morgan fingerprint density at radius 3 is 2.75 bits per heavy atom. The molecule has 0 atom stereocenters. The third-order valence-electron chi connectivity index (χ3n) is 2.92. The van der Waals surface area contributed by atoms with E-state index in [0.29, 0.717) is 5.15 Å². The lowest BCUT2D eigenvalue weighted by molar-refractivity contribution is 0.283. The van der Waals surface area contributed by atoms with Gasteiger partial charge >= 0.3 is 0 Å². The maximum absolute atomic E-state index is 9.39. The lowest BCUT2D eigenvalue weighted by Crippen LogP contribution is -1.97. The Morgan fingerprint density at radius 1 is 1.38 bits per heavy atom. The van der Waals surface area contributed by atoms with Gasteiger partial charge in [-0.15, -0.1) is 0 Å². The number of hydrogen-bond acceptors (Lipinski definition) is 1. The molecule has 0 unspecified atom stereocenters. The predicted molar refractivity (Wildman–Crippen MR) is 67.9 cm³/mol. The molecule has 0 saturated carbocycles. The minimum atomic E-state index is -0.00446. The summed E-state index contributed by atoms with van der Waals surface area (Å²) in [6, 6.07) is 6.10. The molecule has 86 valence electrons. The van der Waals surface area contributed by atoms with Gasteiger partial charge in [0.25, 0.3) is 0 Å². The molecule has 0 aliphatic rings. The van der Waals surface area contributed by atoms with Crippen LogP contribution >= 0.6 is 11.6 Å². The average Bonchev–Trinajstić information content (AvgIpc) is 2.54. The van der Waals surface area contributed by atoms with Crippen LogP contribution in [0.25, 0.3) is 10.9 Å². The van der Waals surface area contributed by atoms with Gasteiger partial charge in [0, 0.05) is 17.5 Å². The van der Waals surface area contributed by atoms with Crippen molar-refractivity contribution in [2.75, 3.05) is 0 Å². The van der Waals surface area contributed by atoms with Crippen molar-refractivity contribution in [3.63, 3.8) is 0 Å². The smallest absolute Gasteiger partial charge is 0.115 e. The van der Waals surface area contributed by atoms with Crippen LogP contribution < -0.4 is 0 Å². The van der Waals surface area contributed by atoms with E-state index in [1.807, 2.05) is 12.1 Å². The molecule has 2 rings (SSSR count). The first-order chi connectivity index (χ1) is 7.70. The molecule has 0 radical (unpaired) electrons. The van der Waals surface area contributed by atoms with E-state index in [9.17, 15) is 5.11 Å². The van der Waals surface area contributed by atoms with Gasteiger partial charge in [0.1, 0.15) is 5.15 Å². The maximum atomic E-state index is 9.39. The van der Waals surface area contributed by atoms with Crippen molar-refractivity contribution >= 4 is 22.5 Å². The highest BCUT2D eigenvalue weighted by molar-refractivity contribution is 6.32. The first kappa shape index (κ1) is 11.5. The number of benzene rings is 1. The molecule has 0 saturated heterocycles. The van der Waals surface area contributed by atoms with E-state index in [2.05, 4.69) is 24.5 Å². The van der Waals surface area contributed by atoms with Gasteiger partial charge in [-0.05, 0) is 18.9 Å². The van der Waals surface area contributed by atoms with Crippen LogP contribution in [0.1, 0.15) is 24.5 Å². The summed E-state index contributed by atoms with van der Waals surface area (Å²) in [7, 11) is 0. The van der Waals surface area contributed by atoms with Crippen LogP contribution in [-0.2, 0) is 13.2 Å². The largest absolute Gasteiger partial charge is 0.392 e. The van der Waals surface area contributed by atoms with Crippen LogP contribution in [0, 0.1) is 6.92 Å². The SMILES string of the molecule is CCCn1c(Cl)c(CO)c2cccc(C)c21. The van der Waals surface area contributed by atoms with E-state index in [4.69, 9.17) is 11.6 Å². The third kappa shape index (κ3) is 1.62. The van der Waals surface area contributed by atoms with Crippen LogP contribution in [0.2, 0.25) is 5.15 Å². The van der Waals surface area contributed by atoms with E-state index in [-0.39, 0.29) is 6.61 Å². The molecule has 3 heteroatoms. The summed E-state index contributed by atoms with van der Waals surface area (Å²) in [5.74, 6) is 0. The van der Waals surface area contributed by atoms with Gasteiger partial charge in [-0.1, -0.05) is 36.7 Å². The fraction of sp³-hybridized carbons (Fsp3) is 0.385. The zero-order valence-electron chi connectivity index (χ0n) is 9.63. The van der Waals surface area contributed by atoms with Crippen molar-refractivity contribution in [1.82, 2.24) is 4.57 Å². The molecule has 1 aromatic carbocycles. The van der Waals surface area contributed by atoms with Crippen molar-refractivity contribution in [3.8, 4) is 0 Å². The van der Waals surface area contributed by atoms with Gasteiger partial charge in [0.05, 0.1) is 12.1 Å². The fourth-order valence-electron chi connectivity index (χ4n) is 2.22. The van der Waals surface area contributed by atoms with Gasteiger partial charge in [-0.2, -0.15) is 0 Å². The normalized spacial score (nSPS) is 11.2. The van der Waals surface area contributed by atoms with Crippen molar-refractivity contribution in [1.29, 1.82) is 0 Å². The molecule has 16 heavy (non-hydrogen) atoms. The zero-order valence-corrected chi connectivity index (χ0v) is 10.4. The summed E-state index contributed by atoms with van der Waals surface area (Å²) in [4.78, 5) is 0. The summed E-state index contributed by atoms with van der Waals surface area (Å²) in [6.45, 7) is 5.08. The van der Waals surface area contributed by atoms with Gasteiger partial charge in [0.15, 0.2) is 0 Å². The molecule has 1 N–H and O–H groups in total. The van der Waals surface area contributed by atoms with Gasteiger partial charge in [-0.25, -0.2) is 0 Å². The second kappa shape index (κ2) is 4.48. The highest BCUT2D eigenvalue weighted by Crippen LogP contribution is 2.32. The highest BCUT2D eigenvalue weighted by atomic mass is 35.5. The Morgan fingerprint density at radius 2 is 2.12 bits per heavy atom. The van der Waals surface area contributed by atoms with Crippen LogP contribution in [0.4, 0.5) is 0 Å². The molecule has 0 bridgehead atoms. The molecular formula is C13H16ClNO. The summed E-state index contributed by atoms with van der Waals surface area (Å²) < 4.78 is 2.10. The summed E-state index contributed by atoms with van der Waals surface area (Å²) in [5, 5.41) is 11.1. The lowest BCUT2D eigenvalue weighted by atomic mass is 10.1. The quantitative estimate of drug-likeness (QED) is 0.869. The number of para-hydroxylation sites is 1. The first-order valence-electron chi connectivity index (χ1n) is 5.57. The van der Waals surface area contributed by atoms with E-state index >= 15 is 0 Å². The van der Waals surface area contributed by atoms with E-state index in [0.717, 1.165) is 29.4 Å². The lowest BCUT2D eigenvalue weighted by Gasteiger charge is -2.06. The first-order valence-corrected chi connectivity index (χ1v) is 5.95. The molecule has 0 fully saturated rings. The number of aliphatic hydroxyl groups is 1. The third-order valence-corrected chi connectivity index (χ3v) is 3.36. The van der Waals surface area contributed by atoms with Crippen LogP contribution in [0.5, 0.6) is 0 Å². The second-order valence-electron chi connectivity index (χ2n) is 4.05. The molecule has 2 aromatic rings. The van der Waals surface area contributed by atoms with Crippen molar-refractivity contribution < 1.29 is 5.11 Å². The molecule has 0 spiro atoms. The number of halogens is 1. The molecule has 0 aliphatic carbocycles. The zero-order chi connectivity index (χ0) is 11.7. The maximum Gasteiger partial charge on any atom is 0.115 e. The summed E-state index contributed by atoms with van der Waals surface area (Å²) >= 11 is 6.31. The number of fused-ring (bicyclic) bond motifs is 1. The molecular weight excluding hydrogens is 222 g/mol. The summed E-state index contributed by atoms with van der Waals surface area (Å²) in [5.41, 5.74) is 3.19. The molecule has 0 aliphatic heterocycles. The number of nitrogens with zero attached hydrogens (tertiary/aromatic N) is 1. The predicted octanol–water partition coefficient (Wildman–Crippen LogP) is 3.51. The van der Waals surface area contributed by atoms with Crippen LogP contribution in [0.15, 0.2) is 18.2 Å². The van der Waals surface area contributed by atoms with E-state index in [1.54, 1.807) is 0 Å². The van der Waals surface area contributed by atoms with E-state index in [1.165, 1.54) is 5.56 Å². The topological polar surface area (TPSA) is 25.2 Å². The Hall–Kier alpha value is -0.990. The number of hydrogen-bond donors (Lipinski definition) is 1. The number of aliphatic hydroxyl groups excluding tert-OH is 1. The fourth-order valence-corrected chi connectivity index (χ4v) is 2.55. The standard InChI is InChI=1S/C13H16ClNO/c1-3-7-15-12-9(2)5-4-6-10(12)11(8-16)13(15)14/h4-6,16H,3,7-8H2,1-2H3. The summed E-state index contributed by atoms with van der Waals surface area (Å²) in [6.07, 6.45) is 1.03. The average molecular weight is 238 g/mol. The van der Waals surface area contributed by atoms with Crippen molar-refractivity contribution in [2.45, 2.75) is 33.4 Å². The number of aromatic nitrogens is 1. The highest BCUT2D eigenvalue weighted by Gasteiger charge is 2.15. The van der Waals surface area contributed by atoms with E-state index < -0.39 is 0 Å². The van der Waals surface area contributed by atoms with Gasteiger partial charge in [-0.3, -0.25) is 0 Å². The Balaban J connectivity index is 2.81. The molecule has 2 nitrogen and oxygen atoms in total. The van der Waals surface area contributed by atoms with Crippen LogP contribution in [-0.4, -0.2) is 9.67 Å².